The molecular weight excluding hydrogens is 168 g/mol. The summed E-state index contributed by atoms with van der Waals surface area (Å²) >= 11 is 0. The molecule has 0 aromatic heterocycles. The first-order valence-electron chi connectivity index (χ1n) is 4.04. The van der Waals surface area contributed by atoms with E-state index in [-0.39, 0.29) is 0 Å². The minimum absolute atomic E-state index is 0.598. The van der Waals surface area contributed by atoms with Gasteiger partial charge in [0.05, 0.1) is 0 Å². The van der Waals surface area contributed by atoms with Crippen molar-refractivity contribution in [3.05, 3.63) is 29.3 Å². The Morgan fingerprint density at radius 2 is 2.23 bits per heavy atom. The zero-order chi connectivity index (χ0) is 9.84. The minimum Gasteiger partial charge on any atom is -0.465 e. The Bertz CT molecular complexity index is 305. The van der Waals surface area contributed by atoms with Crippen molar-refractivity contribution in [1.82, 2.24) is 0 Å². The van der Waals surface area contributed by atoms with Gasteiger partial charge in [-0.15, -0.1) is 0 Å². The van der Waals surface area contributed by atoms with E-state index >= 15 is 0 Å². The summed E-state index contributed by atoms with van der Waals surface area (Å²) in [6.07, 6.45) is -0.0557. The van der Waals surface area contributed by atoms with Gasteiger partial charge in [0.25, 0.3) is 0 Å². The number of carbonyl (C=O) groups is 1. The second kappa shape index (κ2) is 4.05. The lowest BCUT2D eigenvalue weighted by molar-refractivity contribution is -0.000803. The molecule has 0 fully saturated rings. The highest BCUT2D eigenvalue weighted by Gasteiger charge is 2.02. The van der Waals surface area contributed by atoms with Crippen LogP contribution in [0.5, 0.6) is 5.75 Å². The van der Waals surface area contributed by atoms with Crippen molar-refractivity contribution in [2.24, 2.45) is 0 Å². The Labute approximate surface area is 77.0 Å². The Balaban J connectivity index is 2.91. The summed E-state index contributed by atoms with van der Waals surface area (Å²) in [5, 5.41) is 8.96. The van der Waals surface area contributed by atoms with Gasteiger partial charge in [0.2, 0.25) is 0 Å². The first kappa shape index (κ1) is 9.74. The van der Waals surface area contributed by atoms with Gasteiger partial charge in [-0.3, -0.25) is 4.79 Å². The third-order valence-electron chi connectivity index (χ3n) is 1.63. The van der Waals surface area contributed by atoms with E-state index in [0.29, 0.717) is 11.3 Å². The number of rotatable bonds is 3. The molecule has 3 nitrogen and oxygen atoms in total. The lowest BCUT2D eigenvalue weighted by atomic mass is 10.1. The van der Waals surface area contributed by atoms with E-state index in [1.165, 1.54) is 6.92 Å². The SMILES string of the molecule is Cc1cc(C=O)ccc1OC(C)O. The van der Waals surface area contributed by atoms with Crippen LogP contribution >= 0.6 is 0 Å². The van der Waals surface area contributed by atoms with Crippen LogP contribution < -0.4 is 4.74 Å². The molecule has 3 heteroatoms. The molecule has 0 aliphatic rings. The maximum Gasteiger partial charge on any atom is 0.194 e. The van der Waals surface area contributed by atoms with Crippen LogP contribution in [0.4, 0.5) is 0 Å². The van der Waals surface area contributed by atoms with Crippen LogP contribution in [0.2, 0.25) is 0 Å². The smallest absolute Gasteiger partial charge is 0.194 e. The highest BCUT2D eigenvalue weighted by molar-refractivity contribution is 5.75. The fourth-order valence-corrected chi connectivity index (χ4v) is 1.06. The summed E-state index contributed by atoms with van der Waals surface area (Å²) < 4.78 is 5.08. The summed E-state index contributed by atoms with van der Waals surface area (Å²) in [4.78, 5) is 10.4. The predicted molar refractivity (Wildman–Crippen MR) is 48.9 cm³/mol. The first-order valence-corrected chi connectivity index (χ1v) is 4.04. The Kier molecular flexibility index (Phi) is 3.03. The third kappa shape index (κ3) is 2.56. The van der Waals surface area contributed by atoms with E-state index in [4.69, 9.17) is 9.84 Å². The van der Waals surface area contributed by atoms with Crippen LogP contribution in [0.3, 0.4) is 0 Å². The average molecular weight is 180 g/mol. The van der Waals surface area contributed by atoms with Crippen LogP contribution in [0.15, 0.2) is 18.2 Å². The molecule has 13 heavy (non-hydrogen) atoms. The predicted octanol–water partition coefficient (Wildman–Crippen LogP) is 1.52. The van der Waals surface area contributed by atoms with E-state index in [9.17, 15) is 4.79 Å². The zero-order valence-corrected chi connectivity index (χ0v) is 7.65. The van der Waals surface area contributed by atoms with E-state index in [2.05, 4.69) is 0 Å². The first-order chi connectivity index (χ1) is 6.13. The number of aliphatic hydroxyl groups excluding tert-OH is 1. The van der Waals surface area contributed by atoms with Crippen molar-refractivity contribution in [3.63, 3.8) is 0 Å². The number of hydrogen-bond donors (Lipinski definition) is 1. The number of benzene rings is 1. The van der Waals surface area contributed by atoms with Crippen molar-refractivity contribution in [2.75, 3.05) is 0 Å². The van der Waals surface area contributed by atoms with Crippen LogP contribution in [-0.2, 0) is 0 Å². The van der Waals surface area contributed by atoms with Crippen LogP contribution in [0.25, 0.3) is 0 Å². The van der Waals surface area contributed by atoms with Crippen molar-refractivity contribution in [3.8, 4) is 5.75 Å². The Morgan fingerprint density at radius 3 is 2.69 bits per heavy atom. The monoisotopic (exact) mass is 180 g/mol. The highest BCUT2D eigenvalue weighted by atomic mass is 16.6. The molecule has 1 N–H and O–H groups in total. The normalized spacial score (nSPS) is 12.2. The van der Waals surface area contributed by atoms with E-state index in [1.54, 1.807) is 18.2 Å². The van der Waals surface area contributed by atoms with E-state index in [1.807, 2.05) is 6.92 Å². The van der Waals surface area contributed by atoms with Crippen LogP contribution in [0.1, 0.15) is 22.8 Å². The summed E-state index contributed by atoms with van der Waals surface area (Å²) in [7, 11) is 0. The molecular formula is C10H12O3. The second-order valence-electron chi connectivity index (χ2n) is 2.86. The van der Waals surface area contributed by atoms with Gasteiger partial charge in [0, 0.05) is 5.56 Å². The summed E-state index contributed by atoms with van der Waals surface area (Å²) in [5.41, 5.74) is 1.45. The molecule has 1 aromatic rings. The van der Waals surface area contributed by atoms with E-state index in [0.717, 1.165) is 11.8 Å². The molecule has 70 valence electrons. The van der Waals surface area contributed by atoms with Gasteiger partial charge < -0.3 is 9.84 Å². The van der Waals surface area contributed by atoms with Gasteiger partial charge in [-0.1, -0.05) is 0 Å². The molecule has 0 saturated carbocycles. The molecule has 1 aromatic carbocycles. The minimum atomic E-state index is -0.833. The molecule has 0 radical (unpaired) electrons. The maximum absolute atomic E-state index is 10.4. The number of carbonyl (C=O) groups excluding carboxylic acids is 1. The topological polar surface area (TPSA) is 46.5 Å². The Morgan fingerprint density at radius 1 is 1.54 bits per heavy atom. The number of aliphatic hydroxyl groups is 1. The largest absolute Gasteiger partial charge is 0.465 e. The van der Waals surface area contributed by atoms with Crippen molar-refractivity contribution < 1.29 is 14.6 Å². The van der Waals surface area contributed by atoms with Gasteiger partial charge in [0.15, 0.2) is 6.29 Å². The van der Waals surface area contributed by atoms with Gasteiger partial charge in [-0.25, -0.2) is 0 Å². The zero-order valence-electron chi connectivity index (χ0n) is 7.65. The molecule has 0 aliphatic carbocycles. The fraction of sp³-hybridized carbons (Fsp3) is 0.300. The molecule has 0 amide bonds. The van der Waals surface area contributed by atoms with Crippen LogP contribution in [-0.4, -0.2) is 17.7 Å². The summed E-state index contributed by atoms with van der Waals surface area (Å²) in [6.45, 7) is 3.36. The van der Waals surface area contributed by atoms with Gasteiger partial charge in [-0.2, -0.15) is 0 Å². The molecule has 0 heterocycles. The van der Waals surface area contributed by atoms with Gasteiger partial charge in [-0.05, 0) is 37.6 Å². The number of aldehydes is 1. The molecule has 0 aliphatic heterocycles. The summed E-state index contributed by atoms with van der Waals surface area (Å²) in [5.74, 6) is 0.598. The lowest BCUT2D eigenvalue weighted by Gasteiger charge is -2.11. The molecule has 1 rings (SSSR count). The van der Waals surface area contributed by atoms with Gasteiger partial charge in [0.1, 0.15) is 12.0 Å². The van der Waals surface area contributed by atoms with Crippen LogP contribution in [0, 0.1) is 6.92 Å². The number of hydrogen-bond acceptors (Lipinski definition) is 3. The number of ether oxygens (including phenoxy) is 1. The number of aryl methyl sites for hydroxylation is 1. The summed E-state index contributed by atoms with van der Waals surface area (Å²) in [6, 6.07) is 5.04. The molecule has 0 spiro atoms. The van der Waals surface area contributed by atoms with E-state index < -0.39 is 6.29 Å². The third-order valence-corrected chi connectivity index (χ3v) is 1.63. The van der Waals surface area contributed by atoms with Gasteiger partial charge >= 0.3 is 0 Å². The molecule has 1 atom stereocenters. The molecule has 0 saturated heterocycles. The standard InChI is InChI=1S/C10H12O3/c1-7-5-9(6-11)3-4-10(7)13-8(2)12/h3-6,8,12H,1-2H3. The van der Waals surface area contributed by atoms with Crippen molar-refractivity contribution >= 4 is 6.29 Å². The average Bonchev–Trinajstić information content (AvgIpc) is 2.08. The van der Waals surface area contributed by atoms with Crippen molar-refractivity contribution in [1.29, 1.82) is 0 Å². The fourth-order valence-electron chi connectivity index (χ4n) is 1.06. The second-order valence-corrected chi connectivity index (χ2v) is 2.86. The molecule has 1 unspecified atom stereocenters. The Hall–Kier alpha value is -1.35. The molecule has 0 bridgehead atoms. The highest BCUT2D eigenvalue weighted by Crippen LogP contribution is 2.19. The maximum atomic E-state index is 10.4. The van der Waals surface area contributed by atoms with Crippen molar-refractivity contribution in [2.45, 2.75) is 20.1 Å². The quantitative estimate of drug-likeness (QED) is 0.566. The lowest BCUT2D eigenvalue weighted by Crippen LogP contribution is -2.10.